The van der Waals surface area contributed by atoms with E-state index in [1.807, 2.05) is 27.8 Å². The second kappa shape index (κ2) is 6.68. The second-order valence-corrected chi connectivity index (χ2v) is 8.21. The molecule has 134 valence electrons. The van der Waals surface area contributed by atoms with Gasteiger partial charge in [-0.25, -0.2) is 0 Å². The third kappa shape index (κ3) is 4.13. The van der Waals surface area contributed by atoms with Crippen LogP contribution in [0.3, 0.4) is 0 Å². The van der Waals surface area contributed by atoms with Crippen molar-refractivity contribution in [1.82, 2.24) is 14.8 Å². The summed E-state index contributed by atoms with van der Waals surface area (Å²) < 4.78 is 2.07. The summed E-state index contributed by atoms with van der Waals surface area (Å²) in [6, 6.07) is 10.8. The molecule has 4 heteroatoms. The number of nitrogens with one attached hydrogen (secondary N) is 1. The second-order valence-electron chi connectivity index (χ2n) is 8.21. The third-order valence-corrected chi connectivity index (χ3v) is 4.75. The van der Waals surface area contributed by atoms with Crippen molar-refractivity contribution in [1.29, 1.82) is 0 Å². The van der Waals surface area contributed by atoms with Crippen molar-refractivity contribution in [3.63, 3.8) is 0 Å². The highest BCUT2D eigenvalue weighted by Gasteiger charge is 2.25. The van der Waals surface area contributed by atoms with Gasteiger partial charge in [-0.3, -0.25) is 9.69 Å². The summed E-state index contributed by atoms with van der Waals surface area (Å²) >= 11 is 0. The van der Waals surface area contributed by atoms with E-state index in [0.29, 0.717) is 0 Å². The van der Waals surface area contributed by atoms with E-state index in [4.69, 9.17) is 0 Å². The molecule has 1 aromatic carbocycles. The Labute approximate surface area is 150 Å². The number of rotatable bonds is 3. The zero-order valence-electron chi connectivity index (χ0n) is 16.0. The van der Waals surface area contributed by atoms with Gasteiger partial charge in [-0.1, -0.05) is 29.8 Å². The fraction of sp³-hybridized carbons (Fsp3) is 0.476. The smallest absolute Gasteiger partial charge is 0.268 e. The molecule has 1 amide bonds. The van der Waals surface area contributed by atoms with Gasteiger partial charge in [-0.2, -0.15) is 0 Å². The van der Waals surface area contributed by atoms with E-state index >= 15 is 0 Å². The summed E-state index contributed by atoms with van der Waals surface area (Å²) in [5.74, 6) is 0.00878. The van der Waals surface area contributed by atoms with E-state index in [1.54, 1.807) is 0 Å². The van der Waals surface area contributed by atoms with Crippen molar-refractivity contribution in [2.75, 3.05) is 6.54 Å². The fourth-order valence-corrected chi connectivity index (χ4v) is 3.46. The summed E-state index contributed by atoms with van der Waals surface area (Å²) in [6.45, 7) is 11.0. The minimum atomic E-state index is -0.223. The predicted molar refractivity (Wildman–Crippen MR) is 102 cm³/mol. The Kier molecular flexibility index (Phi) is 4.74. The molecule has 0 unspecified atom stereocenters. The number of carbonyl (C=O) groups excluding carboxylic acids is 1. The molecule has 1 aromatic heterocycles. The number of hydrogen-bond donors (Lipinski definition) is 1. The van der Waals surface area contributed by atoms with Gasteiger partial charge < -0.3 is 9.88 Å². The Morgan fingerprint density at radius 1 is 1.20 bits per heavy atom. The van der Waals surface area contributed by atoms with Gasteiger partial charge in [0.1, 0.15) is 5.69 Å². The lowest BCUT2D eigenvalue weighted by atomic mass is 10.1. The highest BCUT2D eigenvalue weighted by atomic mass is 16.2. The molecule has 2 aromatic rings. The topological polar surface area (TPSA) is 37.3 Å². The number of benzene rings is 1. The summed E-state index contributed by atoms with van der Waals surface area (Å²) in [5.41, 5.74) is 5.74. The maximum absolute atomic E-state index is 12.6. The van der Waals surface area contributed by atoms with Crippen molar-refractivity contribution in [2.24, 2.45) is 7.05 Å². The highest BCUT2D eigenvalue weighted by molar-refractivity contribution is 5.93. The first-order valence-electron chi connectivity index (χ1n) is 9.01. The number of hydrogen-bond acceptors (Lipinski definition) is 2. The molecule has 0 saturated heterocycles. The van der Waals surface area contributed by atoms with Crippen LogP contribution in [0.2, 0.25) is 0 Å². The van der Waals surface area contributed by atoms with Crippen LogP contribution in [-0.4, -0.2) is 27.5 Å². The van der Waals surface area contributed by atoms with Crippen LogP contribution in [0.15, 0.2) is 30.3 Å². The van der Waals surface area contributed by atoms with Crippen molar-refractivity contribution < 1.29 is 4.79 Å². The number of fused-ring (bicyclic) bond motifs is 1. The monoisotopic (exact) mass is 339 g/mol. The first kappa shape index (κ1) is 17.7. The van der Waals surface area contributed by atoms with E-state index in [2.05, 4.69) is 52.0 Å². The Balaban J connectivity index is 1.74. The quantitative estimate of drug-likeness (QED) is 0.930. The van der Waals surface area contributed by atoms with Crippen molar-refractivity contribution in [3.8, 4) is 0 Å². The molecule has 0 bridgehead atoms. The maximum Gasteiger partial charge on any atom is 0.268 e. The van der Waals surface area contributed by atoms with Gasteiger partial charge in [0.2, 0.25) is 0 Å². The third-order valence-electron chi connectivity index (χ3n) is 4.75. The molecule has 0 radical (unpaired) electrons. The molecule has 1 aliphatic heterocycles. The molecule has 2 heterocycles. The molecule has 4 nitrogen and oxygen atoms in total. The molecule has 0 spiro atoms. The molecular weight excluding hydrogens is 310 g/mol. The zero-order valence-corrected chi connectivity index (χ0v) is 16.0. The minimum absolute atomic E-state index is 0.00878. The van der Waals surface area contributed by atoms with E-state index in [-0.39, 0.29) is 11.4 Å². The summed E-state index contributed by atoms with van der Waals surface area (Å²) in [5, 5.41) is 3.07. The van der Waals surface area contributed by atoms with Crippen LogP contribution < -0.4 is 5.32 Å². The van der Waals surface area contributed by atoms with E-state index < -0.39 is 0 Å². The predicted octanol–water partition coefficient (Wildman–Crippen LogP) is 3.42. The summed E-state index contributed by atoms with van der Waals surface area (Å²) in [4.78, 5) is 15.0. The molecule has 0 aliphatic carbocycles. The zero-order chi connectivity index (χ0) is 18.2. The lowest BCUT2D eigenvalue weighted by Gasteiger charge is -2.27. The molecule has 1 aliphatic rings. The summed E-state index contributed by atoms with van der Waals surface area (Å²) in [7, 11) is 2.01. The van der Waals surface area contributed by atoms with Crippen LogP contribution >= 0.6 is 0 Å². The van der Waals surface area contributed by atoms with Crippen LogP contribution in [0.1, 0.15) is 53.6 Å². The van der Waals surface area contributed by atoms with Gasteiger partial charge in [0.25, 0.3) is 5.91 Å². The number of aromatic nitrogens is 1. The Bertz CT molecular complexity index is 766. The van der Waals surface area contributed by atoms with Crippen LogP contribution in [0.4, 0.5) is 0 Å². The van der Waals surface area contributed by atoms with Gasteiger partial charge >= 0.3 is 0 Å². The fourth-order valence-electron chi connectivity index (χ4n) is 3.46. The number of nitrogens with zero attached hydrogens (tertiary/aromatic N) is 2. The van der Waals surface area contributed by atoms with Gasteiger partial charge in [-0.15, -0.1) is 0 Å². The number of amides is 1. The first-order chi connectivity index (χ1) is 11.7. The Morgan fingerprint density at radius 2 is 1.88 bits per heavy atom. The number of aryl methyl sites for hydroxylation is 1. The van der Waals surface area contributed by atoms with Crippen molar-refractivity contribution in [3.05, 3.63) is 58.4 Å². The molecule has 0 saturated carbocycles. The molecule has 1 N–H and O–H groups in total. The van der Waals surface area contributed by atoms with E-state index in [0.717, 1.165) is 31.7 Å². The van der Waals surface area contributed by atoms with Gasteiger partial charge in [0.15, 0.2) is 0 Å². The SMILES string of the molecule is Cc1ccc(CN2CCc3c(cc(C(=O)NC(C)(C)C)n3C)C2)cc1. The van der Waals surface area contributed by atoms with Crippen LogP contribution in [-0.2, 0) is 26.6 Å². The van der Waals surface area contributed by atoms with Crippen LogP contribution in [0.5, 0.6) is 0 Å². The van der Waals surface area contributed by atoms with Crippen molar-refractivity contribution in [2.45, 2.75) is 52.7 Å². The van der Waals surface area contributed by atoms with Crippen LogP contribution in [0.25, 0.3) is 0 Å². The van der Waals surface area contributed by atoms with Crippen LogP contribution in [0, 0.1) is 6.92 Å². The maximum atomic E-state index is 12.6. The lowest BCUT2D eigenvalue weighted by molar-refractivity contribution is 0.0911. The standard InChI is InChI=1S/C21H29N3O/c1-15-6-8-16(9-7-15)13-24-11-10-18-17(14-24)12-19(23(18)5)20(25)22-21(2,3)4/h6-9,12H,10-11,13-14H2,1-5H3,(H,22,25). The average molecular weight is 339 g/mol. The summed E-state index contributed by atoms with van der Waals surface area (Å²) in [6.07, 6.45) is 0.987. The van der Waals surface area contributed by atoms with Gasteiger partial charge in [-0.05, 0) is 44.9 Å². The van der Waals surface area contributed by atoms with E-state index in [9.17, 15) is 4.79 Å². The number of carbonyl (C=O) groups is 1. The molecule has 0 atom stereocenters. The highest BCUT2D eigenvalue weighted by Crippen LogP contribution is 2.24. The Hall–Kier alpha value is -2.07. The normalized spacial score (nSPS) is 15.1. The molecular formula is C21H29N3O. The van der Waals surface area contributed by atoms with Gasteiger partial charge in [0.05, 0.1) is 0 Å². The lowest BCUT2D eigenvalue weighted by Crippen LogP contribution is -2.41. The largest absolute Gasteiger partial charge is 0.346 e. The van der Waals surface area contributed by atoms with Gasteiger partial charge in [0, 0.05) is 44.3 Å². The minimum Gasteiger partial charge on any atom is -0.346 e. The average Bonchev–Trinajstić information content (AvgIpc) is 2.85. The van der Waals surface area contributed by atoms with E-state index in [1.165, 1.54) is 22.4 Å². The Morgan fingerprint density at radius 3 is 2.52 bits per heavy atom. The molecule has 25 heavy (non-hydrogen) atoms. The molecule has 0 fully saturated rings. The molecule has 3 rings (SSSR count). The first-order valence-corrected chi connectivity index (χ1v) is 9.01. The van der Waals surface area contributed by atoms with Crippen molar-refractivity contribution >= 4 is 5.91 Å².